The average Bonchev–Trinajstić information content (AvgIpc) is 2.69. The molecule has 29 heavy (non-hydrogen) atoms. The SMILES string of the molecule is COc1nc(NS(=O)(=O)c2ccccc2Cl)c(F)cc1/C=C/c1cnc(F)nc1. The van der Waals surface area contributed by atoms with E-state index in [1.807, 2.05) is 0 Å². The van der Waals surface area contributed by atoms with Crippen LogP contribution < -0.4 is 9.46 Å². The van der Waals surface area contributed by atoms with Crippen LogP contribution in [0.2, 0.25) is 5.02 Å². The number of rotatable bonds is 6. The van der Waals surface area contributed by atoms with E-state index in [4.69, 9.17) is 16.3 Å². The normalized spacial score (nSPS) is 11.6. The number of nitrogens with one attached hydrogen (secondary N) is 1. The zero-order valence-corrected chi connectivity index (χ0v) is 16.4. The quantitative estimate of drug-likeness (QED) is 0.588. The summed E-state index contributed by atoms with van der Waals surface area (Å²) in [6, 6.07) is 6.76. The third-order valence-electron chi connectivity index (χ3n) is 3.61. The lowest BCUT2D eigenvalue weighted by atomic mass is 10.2. The summed E-state index contributed by atoms with van der Waals surface area (Å²) in [6.07, 6.45) is 4.54. The van der Waals surface area contributed by atoms with Crippen LogP contribution in [0.4, 0.5) is 14.6 Å². The van der Waals surface area contributed by atoms with Crippen molar-refractivity contribution < 1.29 is 21.9 Å². The number of hydrogen-bond donors (Lipinski definition) is 1. The van der Waals surface area contributed by atoms with E-state index in [1.165, 1.54) is 49.9 Å². The maximum Gasteiger partial charge on any atom is 0.308 e. The van der Waals surface area contributed by atoms with E-state index >= 15 is 0 Å². The van der Waals surface area contributed by atoms with Gasteiger partial charge in [-0.1, -0.05) is 29.8 Å². The smallest absolute Gasteiger partial charge is 0.308 e. The minimum Gasteiger partial charge on any atom is -0.481 e. The summed E-state index contributed by atoms with van der Waals surface area (Å²) in [5.41, 5.74) is 0.673. The highest BCUT2D eigenvalue weighted by Gasteiger charge is 2.21. The largest absolute Gasteiger partial charge is 0.481 e. The van der Waals surface area contributed by atoms with E-state index in [1.54, 1.807) is 6.07 Å². The molecule has 1 aromatic carbocycles. The molecule has 0 aliphatic heterocycles. The van der Waals surface area contributed by atoms with Crippen molar-refractivity contribution in [3.8, 4) is 5.88 Å². The van der Waals surface area contributed by atoms with Gasteiger partial charge in [0.25, 0.3) is 10.0 Å². The van der Waals surface area contributed by atoms with Gasteiger partial charge >= 0.3 is 6.08 Å². The zero-order valence-electron chi connectivity index (χ0n) is 14.8. The van der Waals surface area contributed by atoms with Crippen LogP contribution in [-0.4, -0.2) is 30.5 Å². The molecule has 7 nitrogen and oxygen atoms in total. The fourth-order valence-corrected chi connectivity index (χ4v) is 3.81. The molecule has 150 valence electrons. The highest BCUT2D eigenvalue weighted by Crippen LogP contribution is 2.27. The summed E-state index contributed by atoms with van der Waals surface area (Å²) in [7, 11) is -2.88. The van der Waals surface area contributed by atoms with Crippen molar-refractivity contribution in [1.29, 1.82) is 0 Å². The lowest BCUT2D eigenvalue weighted by Crippen LogP contribution is -2.16. The molecule has 0 unspecified atom stereocenters. The van der Waals surface area contributed by atoms with Gasteiger partial charge in [-0.05, 0) is 24.3 Å². The number of ether oxygens (including phenoxy) is 1. The van der Waals surface area contributed by atoms with Gasteiger partial charge < -0.3 is 4.74 Å². The van der Waals surface area contributed by atoms with E-state index in [9.17, 15) is 17.2 Å². The van der Waals surface area contributed by atoms with Crippen LogP contribution in [-0.2, 0) is 10.0 Å². The first kappa shape index (κ1) is 20.6. The molecular weight excluding hydrogens is 426 g/mol. The van der Waals surface area contributed by atoms with E-state index < -0.39 is 27.7 Å². The number of halogens is 3. The Bertz CT molecular complexity index is 1170. The van der Waals surface area contributed by atoms with Gasteiger partial charge in [0.2, 0.25) is 5.88 Å². The van der Waals surface area contributed by atoms with E-state index in [2.05, 4.69) is 19.7 Å². The zero-order chi connectivity index (χ0) is 21.0. The Morgan fingerprint density at radius 3 is 2.48 bits per heavy atom. The summed E-state index contributed by atoms with van der Waals surface area (Å²) in [5, 5.41) is -0.0200. The first-order valence-corrected chi connectivity index (χ1v) is 9.84. The molecule has 3 rings (SSSR count). The lowest BCUT2D eigenvalue weighted by molar-refractivity contribution is 0.396. The fourth-order valence-electron chi connectivity index (χ4n) is 2.28. The molecule has 11 heteroatoms. The molecular formula is C18H13ClF2N4O3S. The van der Waals surface area contributed by atoms with Crippen LogP contribution in [0.15, 0.2) is 47.6 Å². The Kier molecular flexibility index (Phi) is 6.04. The number of nitrogens with zero attached hydrogens (tertiary/aromatic N) is 3. The Morgan fingerprint density at radius 1 is 1.14 bits per heavy atom. The molecule has 0 spiro atoms. The van der Waals surface area contributed by atoms with Crippen LogP contribution in [0.5, 0.6) is 5.88 Å². The molecule has 1 N–H and O–H groups in total. The second-order valence-electron chi connectivity index (χ2n) is 5.57. The van der Waals surface area contributed by atoms with Crippen molar-refractivity contribution >= 4 is 39.6 Å². The minimum atomic E-state index is -4.17. The number of anilines is 1. The maximum atomic E-state index is 14.5. The number of aromatic nitrogens is 3. The first-order valence-electron chi connectivity index (χ1n) is 7.97. The Hall–Kier alpha value is -3.11. The van der Waals surface area contributed by atoms with Gasteiger partial charge in [0.15, 0.2) is 11.6 Å². The third-order valence-corrected chi connectivity index (χ3v) is 5.45. The standard InChI is InChI=1S/C18H13ClF2N4O3S/c1-28-17-12(7-6-11-9-22-18(21)23-10-11)8-14(20)16(24-17)25-29(26,27)15-5-3-2-4-13(15)19/h2-10H,1H3,(H,24,25)/b7-6+. The second-order valence-corrected chi connectivity index (χ2v) is 7.63. The van der Waals surface area contributed by atoms with Crippen molar-refractivity contribution in [2.75, 3.05) is 11.8 Å². The van der Waals surface area contributed by atoms with Gasteiger partial charge in [-0.3, -0.25) is 4.72 Å². The van der Waals surface area contributed by atoms with Gasteiger partial charge in [-0.2, -0.15) is 9.37 Å². The van der Waals surface area contributed by atoms with E-state index in [0.717, 1.165) is 6.07 Å². The first-order chi connectivity index (χ1) is 13.8. The van der Waals surface area contributed by atoms with Gasteiger partial charge in [-0.15, -0.1) is 0 Å². The lowest BCUT2D eigenvalue weighted by Gasteiger charge is -2.12. The summed E-state index contributed by atoms with van der Waals surface area (Å²) < 4.78 is 59.4. The second kappa shape index (κ2) is 8.50. The molecule has 2 heterocycles. The Balaban J connectivity index is 1.92. The number of methoxy groups -OCH3 is 1. The van der Waals surface area contributed by atoms with Crippen molar-refractivity contribution in [3.05, 3.63) is 70.8 Å². The van der Waals surface area contributed by atoms with Crippen LogP contribution in [0.1, 0.15) is 11.1 Å². The summed E-state index contributed by atoms with van der Waals surface area (Å²) in [6.45, 7) is 0. The molecule has 0 aliphatic carbocycles. The minimum absolute atomic E-state index is 0.0200. The fraction of sp³-hybridized carbons (Fsp3) is 0.0556. The number of hydrogen-bond acceptors (Lipinski definition) is 6. The van der Waals surface area contributed by atoms with Crippen LogP contribution >= 0.6 is 11.6 Å². The van der Waals surface area contributed by atoms with Crippen LogP contribution in [0, 0.1) is 11.9 Å². The van der Waals surface area contributed by atoms with Crippen molar-refractivity contribution in [1.82, 2.24) is 15.0 Å². The van der Waals surface area contributed by atoms with Gasteiger partial charge in [0, 0.05) is 23.5 Å². The molecule has 0 atom stereocenters. The number of sulfonamides is 1. The number of benzene rings is 1. The Morgan fingerprint density at radius 2 is 1.83 bits per heavy atom. The van der Waals surface area contributed by atoms with E-state index in [-0.39, 0.29) is 21.4 Å². The van der Waals surface area contributed by atoms with Gasteiger partial charge in [0.05, 0.1) is 12.1 Å². The summed E-state index contributed by atoms with van der Waals surface area (Å²) in [5.74, 6) is -1.52. The van der Waals surface area contributed by atoms with Crippen molar-refractivity contribution in [3.63, 3.8) is 0 Å². The van der Waals surface area contributed by atoms with Gasteiger partial charge in [0.1, 0.15) is 4.90 Å². The van der Waals surface area contributed by atoms with Crippen molar-refractivity contribution in [2.45, 2.75) is 4.90 Å². The molecule has 0 fully saturated rings. The molecule has 0 aliphatic rings. The molecule has 0 radical (unpaired) electrons. The molecule has 0 bridgehead atoms. The summed E-state index contributed by atoms with van der Waals surface area (Å²) >= 11 is 5.91. The molecule has 0 saturated carbocycles. The average molecular weight is 439 g/mol. The molecule has 0 saturated heterocycles. The van der Waals surface area contributed by atoms with Crippen LogP contribution in [0.25, 0.3) is 12.2 Å². The van der Waals surface area contributed by atoms with Crippen LogP contribution in [0.3, 0.4) is 0 Å². The summed E-state index contributed by atoms with van der Waals surface area (Å²) in [4.78, 5) is 10.5. The van der Waals surface area contributed by atoms with E-state index in [0.29, 0.717) is 5.56 Å². The third kappa shape index (κ3) is 4.84. The highest BCUT2D eigenvalue weighted by molar-refractivity contribution is 7.92. The molecule has 3 aromatic rings. The maximum absolute atomic E-state index is 14.5. The topological polar surface area (TPSA) is 94.1 Å². The number of pyridine rings is 1. The Labute approximate surface area is 170 Å². The molecule has 0 amide bonds. The highest BCUT2D eigenvalue weighted by atomic mass is 35.5. The predicted octanol–water partition coefficient (Wildman–Crippen LogP) is 3.78. The molecule has 2 aromatic heterocycles. The monoisotopic (exact) mass is 438 g/mol. The van der Waals surface area contributed by atoms with Gasteiger partial charge in [-0.25, -0.2) is 22.8 Å². The predicted molar refractivity (Wildman–Crippen MR) is 104 cm³/mol. The van der Waals surface area contributed by atoms with Crippen molar-refractivity contribution in [2.24, 2.45) is 0 Å².